The molecular weight excluding hydrogens is 265 g/mol. The number of nitrogens with zero attached hydrogens (tertiary/aromatic N) is 1. The Morgan fingerprint density at radius 2 is 2.29 bits per heavy atom. The first-order chi connectivity index (χ1) is 6.74. The van der Waals surface area contributed by atoms with Gasteiger partial charge >= 0.3 is 0 Å². The maximum atomic E-state index is 5.90. The van der Waals surface area contributed by atoms with E-state index >= 15 is 0 Å². The standard InChI is InChI=1S/C10H5BrClNO/c11-10-13-9-7-2-1-6(12)3-5(7)4-8(9)14-10/h1-3H,4H2. The first-order valence-corrected chi connectivity index (χ1v) is 5.35. The van der Waals surface area contributed by atoms with E-state index in [4.69, 9.17) is 16.0 Å². The second-order valence-corrected chi connectivity index (χ2v) is 4.33. The maximum Gasteiger partial charge on any atom is 0.264 e. The van der Waals surface area contributed by atoms with Crippen molar-refractivity contribution in [2.75, 3.05) is 0 Å². The Labute approximate surface area is 94.0 Å². The number of oxazole rings is 1. The van der Waals surface area contributed by atoms with Gasteiger partial charge in [-0.2, -0.15) is 0 Å². The summed E-state index contributed by atoms with van der Waals surface area (Å²) in [4.78, 5) is 4.81. The Morgan fingerprint density at radius 3 is 3.14 bits per heavy atom. The molecule has 0 bridgehead atoms. The molecule has 1 aliphatic rings. The summed E-state index contributed by atoms with van der Waals surface area (Å²) in [6.45, 7) is 0. The summed E-state index contributed by atoms with van der Waals surface area (Å²) in [6.07, 6.45) is 0.782. The summed E-state index contributed by atoms with van der Waals surface area (Å²) in [5, 5.41) is 0.757. The molecule has 0 saturated carbocycles. The molecule has 70 valence electrons. The summed E-state index contributed by atoms with van der Waals surface area (Å²) < 4.78 is 5.41. The second kappa shape index (κ2) is 2.84. The normalized spacial score (nSPS) is 12.7. The topological polar surface area (TPSA) is 26.0 Å². The van der Waals surface area contributed by atoms with Crippen molar-refractivity contribution in [3.63, 3.8) is 0 Å². The van der Waals surface area contributed by atoms with Gasteiger partial charge in [-0.05, 0) is 17.7 Å². The second-order valence-electron chi connectivity index (χ2n) is 3.22. The zero-order chi connectivity index (χ0) is 9.71. The van der Waals surface area contributed by atoms with Crippen molar-refractivity contribution < 1.29 is 4.42 Å². The fourth-order valence-corrected chi connectivity index (χ4v) is 2.33. The SMILES string of the molecule is Clc1ccc2c(c1)Cc1oc(Br)nc1-2. The smallest absolute Gasteiger partial charge is 0.264 e. The van der Waals surface area contributed by atoms with Crippen LogP contribution in [0.1, 0.15) is 11.3 Å². The van der Waals surface area contributed by atoms with Crippen LogP contribution in [0.5, 0.6) is 0 Å². The molecule has 0 unspecified atom stereocenters. The van der Waals surface area contributed by atoms with E-state index < -0.39 is 0 Å². The number of hydrogen-bond acceptors (Lipinski definition) is 2. The molecule has 0 spiro atoms. The lowest BCUT2D eigenvalue weighted by atomic mass is 10.1. The molecule has 2 nitrogen and oxygen atoms in total. The lowest BCUT2D eigenvalue weighted by Crippen LogP contribution is -1.80. The van der Waals surface area contributed by atoms with Crippen LogP contribution in [0.15, 0.2) is 27.4 Å². The van der Waals surface area contributed by atoms with Crippen LogP contribution in [0.4, 0.5) is 0 Å². The molecule has 0 amide bonds. The molecule has 1 aliphatic carbocycles. The van der Waals surface area contributed by atoms with Gasteiger partial charge in [-0.25, -0.2) is 4.98 Å². The molecule has 0 saturated heterocycles. The van der Waals surface area contributed by atoms with Crippen LogP contribution in [0.25, 0.3) is 11.3 Å². The van der Waals surface area contributed by atoms with Crippen molar-refractivity contribution in [1.29, 1.82) is 0 Å². The zero-order valence-electron chi connectivity index (χ0n) is 7.05. The molecule has 14 heavy (non-hydrogen) atoms. The van der Waals surface area contributed by atoms with Crippen LogP contribution >= 0.6 is 27.5 Å². The van der Waals surface area contributed by atoms with E-state index in [1.807, 2.05) is 18.2 Å². The lowest BCUT2D eigenvalue weighted by Gasteiger charge is -1.97. The van der Waals surface area contributed by atoms with E-state index in [1.54, 1.807) is 0 Å². The van der Waals surface area contributed by atoms with Gasteiger partial charge in [-0.15, -0.1) is 0 Å². The number of rotatable bonds is 0. The molecule has 0 radical (unpaired) electrons. The molecule has 1 heterocycles. The average molecular weight is 271 g/mol. The highest BCUT2D eigenvalue weighted by atomic mass is 79.9. The predicted molar refractivity (Wildman–Crippen MR) is 57.5 cm³/mol. The molecule has 0 aliphatic heterocycles. The van der Waals surface area contributed by atoms with Gasteiger partial charge in [0.1, 0.15) is 11.5 Å². The van der Waals surface area contributed by atoms with Gasteiger partial charge in [0.05, 0.1) is 0 Å². The van der Waals surface area contributed by atoms with Crippen LogP contribution in [0, 0.1) is 0 Å². The molecule has 2 aromatic rings. The number of halogens is 2. The van der Waals surface area contributed by atoms with Crippen LogP contribution in [-0.2, 0) is 6.42 Å². The van der Waals surface area contributed by atoms with Gasteiger partial charge in [0.15, 0.2) is 0 Å². The largest absolute Gasteiger partial charge is 0.435 e. The van der Waals surface area contributed by atoms with Crippen molar-refractivity contribution in [3.8, 4) is 11.3 Å². The first kappa shape index (κ1) is 8.50. The molecule has 3 rings (SSSR count). The van der Waals surface area contributed by atoms with Crippen molar-refractivity contribution in [1.82, 2.24) is 4.98 Å². The Morgan fingerprint density at radius 1 is 1.43 bits per heavy atom. The van der Waals surface area contributed by atoms with Gasteiger partial charge in [0.25, 0.3) is 4.80 Å². The minimum atomic E-state index is 0.545. The third-order valence-corrected chi connectivity index (χ3v) is 2.92. The summed E-state index contributed by atoms with van der Waals surface area (Å²) in [7, 11) is 0. The predicted octanol–water partition coefficient (Wildman–Crippen LogP) is 3.66. The van der Waals surface area contributed by atoms with Crippen LogP contribution < -0.4 is 0 Å². The number of fused-ring (bicyclic) bond motifs is 3. The van der Waals surface area contributed by atoms with E-state index in [-0.39, 0.29) is 0 Å². The lowest BCUT2D eigenvalue weighted by molar-refractivity contribution is 0.491. The Kier molecular flexibility index (Phi) is 1.73. The third-order valence-electron chi connectivity index (χ3n) is 2.34. The fraction of sp³-hybridized carbons (Fsp3) is 0.100. The number of aromatic nitrogens is 1. The van der Waals surface area contributed by atoms with Gasteiger partial charge in [-0.3, -0.25) is 0 Å². The van der Waals surface area contributed by atoms with E-state index in [0.29, 0.717) is 4.80 Å². The summed E-state index contributed by atoms with van der Waals surface area (Å²) in [5.41, 5.74) is 3.24. The fourth-order valence-electron chi connectivity index (χ4n) is 1.77. The quantitative estimate of drug-likeness (QED) is 0.623. The minimum Gasteiger partial charge on any atom is -0.435 e. The zero-order valence-corrected chi connectivity index (χ0v) is 9.39. The minimum absolute atomic E-state index is 0.545. The number of hydrogen-bond donors (Lipinski definition) is 0. The van der Waals surface area contributed by atoms with E-state index in [1.165, 1.54) is 5.56 Å². The summed E-state index contributed by atoms with van der Waals surface area (Å²) in [5.74, 6) is 0.911. The molecule has 4 heteroatoms. The molecule has 1 aromatic heterocycles. The average Bonchev–Trinajstić information content (AvgIpc) is 2.59. The molecule has 0 N–H and O–H groups in total. The van der Waals surface area contributed by atoms with E-state index in [0.717, 1.165) is 28.5 Å². The van der Waals surface area contributed by atoms with Gasteiger partial charge in [0, 0.05) is 32.9 Å². The highest BCUT2D eigenvalue weighted by molar-refractivity contribution is 9.10. The first-order valence-electron chi connectivity index (χ1n) is 4.18. The molecular formula is C10H5BrClNO. The van der Waals surface area contributed by atoms with Crippen molar-refractivity contribution in [2.24, 2.45) is 0 Å². The highest BCUT2D eigenvalue weighted by Gasteiger charge is 2.24. The Balaban J connectivity index is 2.25. The van der Waals surface area contributed by atoms with Gasteiger partial charge < -0.3 is 4.42 Å². The molecule has 0 fully saturated rings. The molecule has 1 aromatic carbocycles. The molecule has 0 atom stereocenters. The van der Waals surface area contributed by atoms with Gasteiger partial charge in [0.2, 0.25) is 0 Å². The van der Waals surface area contributed by atoms with Gasteiger partial charge in [-0.1, -0.05) is 17.7 Å². The highest BCUT2D eigenvalue weighted by Crippen LogP contribution is 2.38. The monoisotopic (exact) mass is 269 g/mol. The van der Waals surface area contributed by atoms with E-state index in [2.05, 4.69) is 20.9 Å². The summed E-state index contributed by atoms with van der Waals surface area (Å²) in [6, 6.07) is 5.82. The summed E-state index contributed by atoms with van der Waals surface area (Å²) >= 11 is 9.12. The Hall–Kier alpha value is -0.800. The third kappa shape index (κ3) is 1.12. The maximum absolute atomic E-state index is 5.90. The van der Waals surface area contributed by atoms with Crippen molar-refractivity contribution >= 4 is 27.5 Å². The van der Waals surface area contributed by atoms with Crippen molar-refractivity contribution in [2.45, 2.75) is 6.42 Å². The van der Waals surface area contributed by atoms with Crippen LogP contribution in [0.3, 0.4) is 0 Å². The van der Waals surface area contributed by atoms with Crippen LogP contribution in [0.2, 0.25) is 5.02 Å². The van der Waals surface area contributed by atoms with Crippen molar-refractivity contribution in [3.05, 3.63) is 39.3 Å². The Bertz CT molecular complexity index is 521. The van der Waals surface area contributed by atoms with E-state index in [9.17, 15) is 0 Å². The van der Waals surface area contributed by atoms with Crippen LogP contribution in [-0.4, -0.2) is 4.98 Å². The number of benzene rings is 1.